The first-order valence-electron chi connectivity index (χ1n) is 7.21. The van der Waals surface area contributed by atoms with E-state index in [0.29, 0.717) is 13.0 Å². The molecule has 2 aromatic rings. The Morgan fingerprint density at radius 1 is 1.10 bits per heavy atom. The summed E-state index contributed by atoms with van der Waals surface area (Å²) in [6, 6.07) is 13.9. The van der Waals surface area contributed by atoms with Gasteiger partial charge in [0.25, 0.3) is 0 Å². The first-order valence-corrected chi connectivity index (χ1v) is 7.21. The Labute approximate surface area is 126 Å². The van der Waals surface area contributed by atoms with Crippen LogP contribution in [0.5, 0.6) is 0 Å². The van der Waals surface area contributed by atoms with E-state index in [2.05, 4.69) is 43.2 Å². The number of nitrogens with one attached hydrogen (secondary N) is 1. The number of aromatic nitrogens is 1. The zero-order valence-corrected chi connectivity index (χ0v) is 12.9. The highest BCUT2D eigenvalue weighted by Crippen LogP contribution is 2.22. The first-order chi connectivity index (χ1) is 9.95. The number of hydrogen-bond acceptors (Lipinski definition) is 2. The Hall–Kier alpha value is -2.16. The highest BCUT2D eigenvalue weighted by atomic mass is 16.1. The number of carbonyl (C=O) groups is 1. The zero-order valence-electron chi connectivity index (χ0n) is 12.9. The van der Waals surface area contributed by atoms with Gasteiger partial charge in [-0.05, 0) is 28.7 Å². The minimum atomic E-state index is 0.0177. The molecule has 0 bridgehead atoms. The average molecular weight is 282 g/mol. The Bertz CT molecular complexity index is 583. The maximum absolute atomic E-state index is 11.9. The lowest BCUT2D eigenvalue weighted by atomic mass is 9.86. The summed E-state index contributed by atoms with van der Waals surface area (Å²) >= 11 is 0. The van der Waals surface area contributed by atoms with E-state index in [1.807, 2.05) is 30.3 Å². The van der Waals surface area contributed by atoms with Crippen molar-refractivity contribution in [2.24, 2.45) is 0 Å². The molecular formula is C18H22N2O. The first kappa shape index (κ1) is 15.2. The molecule has 110 valence electrons. The van der Waals surface area contributed by atoms with Gasteiger partial charge in [-0.3, -0.25) is 9.78 Å². The molecule has 3 nitrogen and oxygen atoms in total. The molecule has 0 unspecified atom stereocenters. The lowest BCUT2D eigenvalue weighted by molar-refractivity contribution is -0.120. The van der Waals surface area contributed by atoms with E-state index in [1.165, 1.54) is 5.56 Å². The third-order valence-electron chi connectivity index (χ3n) is 3.38. The highest BCUT2D eigenvalue weighted by molar-refractivity contribution is 5.78. The maximum Gasteiger partial charge on any atom is 0.224 e. The van der Waals surface area contributed by atoms with Gasteiger partial charge in [0.1, 0.15) is 0 Å². The number of nitrogens with zero attached hydrogens (tertiary/aromatic N) is 1. The van der Waals surface area contributed by atoms with Crippen LogP contribution in [0.15, 0.2) is 48.7 Å². The van der Waals surface area contributed by atoms with Crippen molar-refractivity contribution in [3.8, 4) is 0 Å². The topological polar surface area (TPSA) is 42.0 Å². The smallest absolute Gasteiger partial charge is 0.224 e. The fraction of sp³-hybridized carbons (Fsp3) is 0.333. The van der Waals surface area contributed by atoms with Gasteiger partial charge in [-0.1, -0.05) is 51.1 Å². The predicted molar refractivity (Wildman–Crippen MR) is 84.9 cm³/mol. The van der Waals surface area contributed by atoms with Crippen LogP contribution in [0.4, 0.5) is 0 Å². The van der Waals surface area contributed by atoms with Crippen LogP contribution >= 0.6 is 0 Å². The van der Waals surface area contributed by atoms with Crippen molar-refractivity contribution in [3.05, 3.63) is 65.5 Å². The van der Waals surface area contributed by atoms with Gasteiger partial charge < -0.3 is 5.32 Å². The van der Waals surface area contributed by atoms with Crippen LogP contribution in [0.25, 0.3) is 0 Å². The second kappa shape index (κ2) is 6.53. The van der Waals surface area contributed by atoms with Gasteiger partial charge in [-0.15, -0.1) is 0 Å². The number of hydrogen-bond donors (Lipinski definition) is 1. The minimum absolute atomic E-state index is 0.0177. The molecule has 1 heterocycles. The number of pyridine rings is 1. The second-order valence-electron chi connectivity index (χ2n) is 6.22. The van der Waals surface area contributed by atoms with Crippen LogP contribution in [-0.2, 0) is 23.2 Å². The molecule has 1 aromatic carbocycles. The predicted octanol–water partition coefficient (Wildman–Crippen LogP) is 3.24. The molecule has 2 rings (SSSR count). The normalized spacial score (nSPS) is 11.2. The van der Waals surface area contributed by atoms with E-state index in [4.69, 9.17) is 0 Å². The molecular weight excluding hydrogens is 260 g/mol. The summed E-state index contributed by atoms with van der Waals surface area (Å²) in [5.74, 6) is 0.0177. The van der Waals surface area contributed by atoms with Crippen LogP contribution in [0, 0.1) is 0 Å². The maximum atomic E-state index is 11.9. The summed E-state index contributed by atoms with van der Waals surface area (Å²) in [7, 11) is 0. The lowest BCUT2D eigenvalue weighted by Crippen LogP contribution is -2.25. The monoisotopic (exact) mass is 282 g/mol. The summed E-state index contributed by atoms with van der Waals surface area (Å²) < 4.78 is 0. The second-order valence-corrected chi connectivity index (χ2v) is 6.22. The van der Waals surface area contributed by atoms with E-state index in [1.54, 1.807) is 6.20 Å². The zero-order chi connectivity index (χ0) is 15.3. The fourth-order valence-corrected chi connectivity index (χ4v) is 2.06. The molecule has 0 spiro atoms. The van der Waals surface area contributed by atoms with E-state index in [-0.39, 0.29) is 11.3 Å². The SMILES string of the molecule is CC(C)(C)c1ccc(CC(=O)NCc2ccccn2)cc1. The molecule has 1 N–H and O–H groups in total. The number of amides is 1. The van der Waals surface area contributed by atoms with E-state index in [0.717, 1.165) is 11.3 Å². The molecule has 3 heteroatoms. The minimum Gasteiger partial charge on any atom is -0.350 e. The molecule has 0 aliphatic heterocycles. The Morgan fingerprint density at radius 3 is 2.38 bits per heavy atom. The van der Waals surface area contributed by atoms with Crippen LogP contribution in [0.1, 0.15) is 37.6 Å². The van der Waals surface area contributed by atoms with Gasteiger partial charge in [0.05, 0.1) is 18.7 Å². The number of carbonyl (C=O) groups excluding carboxylic acids is 1. The summed E-state index contributed by atoms with van der Waals surface area (Å²) in [6.45, 7) is 7.02. The van der Waals surface area contributed by atoms with Crippen LogP contribution in [-0.4, -0.2) is 10.9 Å². The Balaban J connectivity index is 1.88. The Morgan fingerprint density at radius 2 is 1.81 bits per heavy atom. The van der Waals surface area contributed by atoms with Gasteiger partial charge in [-0.25, -0.2) is 0 Å². The quantitative estimate of drug-likeness (QED) is 0.935. The average Bonchev–Trinajstić information content (AvgIpc) is 2.46. The van der Waals surface area contributed by atoms with Crippen molar-refractivity contribution in [3.63, 3.8) is 0 Å². The van der Waals surface area contributed by atoms with Crippen LogP contribution in [0.2, 0.25) is 0 Å². The summed E-state index contributed by atoms with van der Waals surface area (Å²) in [5, 5.41) is 2.89. The standard InChI is InChI=1S/C18H22N2O/c1-18(2,3)15-9-7-14(8-10-15)12-17(21)20-13-16-6-4-5-11-19-16/h4-11H,12-13H2,1-3H3,(H,20,21). The van der Waals surface area contributed by atoms with Gasteiger partial charge in [0.15, 0.2) is 0 Å². The highest BCUT2D eigenvalue weighted by Gasteiger charge is 2.13. The van der Waals surface area contributed by atoms with Crippen molar-refractivity contribution in [2.45, 2.75) is 39.2 Å². The van der Waals surface area contributed by atoms with Crippen molar-refractivity contribution in [1.29, 1.82) is 0 Å². The van der Waals surface area contributed by atoms with Crippen molar-refractivity contribution < 1.29 is 4.79 Å². The third-order valence-corrected chi connectivity index (χ3v) is 3.38. The molecule has 21 heavy (non-hydrogen) atoms. The largest absolute Gasteiger partial charge is 0.350 e. The van der Waals surface area contributed by atoms with Gasteiger partial charge in [0, 0.05) is 6.20 Å². The van der Waals surface area contributed by atoms with Crippen molar-refractivity contribution >= 4 is 5.91 Å². The molecule has 0 aliphatic carbocycles. The molecule has 0 saturated carbocycles. The fourth-order valence-electron chi connectivity index (χ4n) is 2.06. The van der Waals surface area contributed by atoms with E-state index < -0.39 is 0 Å². The molecule has 0 radical (unpaired) electrons. The molecule has 1 aromatic heterocycles. The van der Waals surface area contributed by atoms with Crippen LogP contribution in [0.3, 0.4) is 0 Å². The van der Waals surface area contributed by atoms with E-state index >= 15 is 0 Å². The van der Waals surface area contributed by atoms with Gasteiger partial charge in [0.2, 0.25) is 5.91 Å². The molecule has 0 aliphatic rings. The molecule has 0 fully saturated rings. The summed E-state index contributed by atoms with van der Waals surface area (Å²) in [5.41, 5.74) is 3.32. The van der Waals surface area contributed by atoms with Crippen molar-refractivity contribution in [2.75, 3.05) is 0 Å². The number of rotatable bonds is 4. The Kier molecular flexibility index (Phi) is 4.73. The molecule has 0 atom stereocenters. The lowest BCUT2D eigenvalue weighted by Gasteiger charge is -2.19. The summed E-state index contributed by atoms with van der Waals surface area (Å²) in [4.78, 5) is 16.1. The molecule has 1 amide bonds. The van der Waals surface area contributed by atoms with E-state index in [9.17, 15) is 4.79 Å². The number of benzene rings is 1. The van der Waals surface area contributed by atoms with Gasteiger partial charge >= 0.3 is 0 Å². The third kappa shape index (κ3) is 4.71. The molecule has 0 saturated heterocycles. The van der Waals surface area contributed by atoms with Crippen LogP contribution < -0.4 is 5.32 Å². The summed E-state index contributed by atoms with van der Waals surface area (Å²) in [6.07, 6.45) is 2.13. The van der Waals surface area contributed by atoms with Crippen molar-refractivity contribution in [1.82, 2.24) is 10.3 Å². The van der Waals surface area contributed by atoms with Gasteiger partial charge in [-0.2, -0.15) is 0 Å².